The zero-order chi connectivity index (χ0) is 13.6. The minimum absolute atomic E-state index is 0.372. The summed E-state index contributed by atoms with van der Waals surface area (Å²) in [5.41, 5.74) is 8.33. The fourth-order valence-electron chi connectivity index (χ4n) is 1.78. The summed E-state index contributed by atoms with van der Waals surface area (Å²) in [6, 6.07) is 8.18. The molecule has 0 aliphatic rings. The van der Waals surface area contributed by atoms with Crippen LogP contribution in [0.1, 0.15) is 39.7 Å². The predicted octanol–water partition coefficient (Wildman–Crippen LogP) is 3.47. The normalized spacial score (nSPS) is 12.1. The average molecular weight is 248 g/mol. The van der Waals surface area contributed by atoms with Gasteiger partial charge in [0.05, 0.1) is 0 Å². The van der Waals surface area contributed by atoms with E-state index in [4.69, 9.17) is 5.73 Å². The summed E-state index contributed by atoms with van der Waals surface area (Å²) in [5, 5.41) is 3.56. The van der Waals surface area contributed by atoms with Crippen LogP contribution in [0, 0.1) is 11.3 Å². The number of nitrogens with two attached hydrogens (primary N) is 1. The summed E-state index contributed by atoms with van der Waals surface area (Å²) in [4.78, 5) is 0. The van der Waals surface area contributed by atoms with Crippen LogP contribution in [0.5, 0.6) is 0 Å². The number of aryl methyl sites for hydroxylation is 1. The maximum Gasteiger partial charge on any atom is 0.0316 e. The van der Waals surface area contributed by atoms with Crippen molar-refractivity contribution in [3.8, 4) is 0 Å². The number of nitrogen functional groups attached to an aromatic ring is 1. The molecule has 1 aromatic rings. The van der Waals surface area contributed by atoms with Crippen molar-refractivity contribution in [2.75, 3.05) is 18.8 Å². The fourth-order valence-corrected chi connectivity index (χ4v) is 1.78. The molecule has 0 heterocycles. The number of benzene rings is 1. The Labute approximate surface area is 112 Å². The van der Waals surface area contributed by atoms with Gasteiger partial charge in [-0.25, -0.2) is 0 Å². The standard InChI is InChI=1S/C16H28N2/c1-13(2)16(3,4)12-18-10-6-8-14-7-5-9-15(17)11-14/h5,7,9,11,13,18H,6,8,10,12,17H2,1-4H3. The highest BCUT2D eigenvalue weighted by atomic mass is 14.9. The van der Waals surface area contributed by atoms with Crippen LogP contribution < -0.4 is 11.1 Å². The van der Waals surface area contributed by atoms with Gasteiger partial charge in [0.1, 0.15) is 0 Å². The van der Waals surface area contributed by atoms with Crippen LogP contribution in [0.2, 0.25) is 0 Å². The van der Waals surface area contributed by atoms with Crippen molar-refractivity contribution in [2.45, 2.75) is 40.5 Å². The molecule has 0 fully saturated rings. The first-order valence-corrected chi connectivity index (χ1v) is 6.97. The summed E-state index contributed by atoms with van der Waals surface area (Å²) >= 11 is 0. The van der Waals surface area contributed by atoms with Crippen molar-refractivity contribution in [1.29, 1.82) is 0 Å². The van der Waals surface area contributed by atoms with Gasteiger partial charge in [-0.3, -0.25) is 0 Å². The molecule has 0 unspecified atom stereocenters. The maximum absolute atomic E-state index is 5.76. The Morgan fingerprint density at radius 2 is 2.00 bits per heavy atom. The van der Waals surface area contributed by atoms with Gasteiger partial charge < -0.3 is 11.1 Å². The first kappa shape index (κ1) is 15.0. The Balaban J connectivity index is 2.20. The molecule has 0 aromatic heterocycles. The Bertz CT molecular complexity index is 356. The van der Waals surface area contributed by atoms with Gasteiger partial charge in [-0.2, -0.15) is 0 Å². The molecule has 0 atom stereocenters. The number of nitrogens with one attached hydrogen (secondary N) is 1. The summed E-state index contributed by atoms with van der Waals surface area (Å²) in [5.74, 6) is 0.707. The first-order chi connectivity index (χ1) is 8.42. The molecule has 2 nitrogen and oxygen atoms in total. The monoisotopic (exact) mass is 248 g/mol. The SMILES string of the molecule is CC(C)C(C)(C)CNCCCc1cccc(N)c1. The second kappa shape index (κ2) is 6.79. The van der Waals surface area contributed by atoms with E-state index in [0.29, 0.717) is 11.3 Å². The molecule has 0 bridgehead atoms. The molecular formula is C16H28N2. The topological polar surface area (TPSA) is 38.0 Å². The van der Waals surface area contributed by atoms with E-state index in [-0.39, 0.29) is 0 Å². The fraction of sp³-hybridized carbons (Fsp3) is 0.625. The van der Waals surface area contributed by atoms with Crippen LogP contribution >= 0.6 is 0 Å². The quantitative estimate of drug-likeness (QED) is 0.573. The van der Waals surface area contributed by atoms with E-state index in [0.717, 1.165) is 31.6 Å². The molecule has 0 aliphatic heterocycles. The molecule has 0 saturated carbocycles. The van der Waals surface area contributed by atoms with E-state index in [9.17, 15) is 0 Å². The molecule has 0 radical (unpaired) electrons. The van der Waals surface area contributed by atoms with E-state index in [1.54, 1.807) is 0 Å². The third-order valence-corrected chi connectivity index (χ3v) is 3.91. The zero-order valence-electron chi connectivity index (χ0n) is 12.3. The second-order valence-electron chi connectivity index (χ2n) is 6.17. The first-order valence-electron chi connectivity index (χ1n) is 6.97. The van der Waals surface area contributed by atoms with Gasteiger partial charge >= 0.3 is 0 Å². The number of hydrogen-bond acceptors (Lipinski definition) is 2. The Morgan fingerprint density at radius 1 is 1.28 bits per heavy atom. The van der Waals surface area contributed by atoms with Crippen LogP contribution in [-0.2, 0) is 6.42 Å². The molecule has 18 heavy (non-hydrogen) atoms. The smallest absolute Gasteiger partial charge is 0.0316 e. The highest BCUT2D eigenvalue weighted by Crippen LogP contribution is 2.24. The van der Waals surface area contributed by atoms with Crippen LogP contribution in [0.3, 0.4) is 0 Å². The summed E-state index contributed by atoms with van der Waals surface area (Å²) in [6.45, 7) is 11.4. The van der Waals surface area contributed by atoms with Gasteiger partial charge in [-0.15, -0.1) is 0 Å². The van der Waals surface area contributed by atoms with Gasteiger partial charge in [0.25, 0.3) is 0 Å². The molecule has 0 spiro atoms. The highest BCUT2D eigenvalue weighted by Gasteiger charge is 2.21. The summed E-state index contributed by atoms with van der Waals surface area (Å²) in [7, 11) is 0. The lowest BCUT2D eigenvalue weighted by Crippen LogP contribution is -2.34. The van der Waals surface area contributed by atoms with E-state index < -0.39 is 0 Å². The molecule has 0 saturated heterocycles. The van der Waals surface area contributed by atoms with Gasteiger partial charge in [-0.1, -0.05) is 39.8 Å². The predicted molar refractivity (Wildman–Crippen MR) is 80.7 cm³/mol. The molecule has 102 valence electrons. The summed E-state index contributed by atoms with van der Waals surface area (Å²) < 4.78 is 0. The van der Waals surface area contributed by atoms with E-state index in [1.807, 2.05) is 12.1 Å². The van der Waals surface area contributed by atoms with Crippen molar-refractivity contribution < 1.29 is 0 Å². The van der Waals surface area contributed by atoms with Crippen LogP contribution in [0.25, 0.3) is 0 Å². The Hall–Kier alpha value is -1.02. The van der Waals surface area contributed by atoms with Gasteiger partial charge in [0, 0.05) is 12.2 Å². The van der Waals surface area contributed by atoms with E-state index in [1.165, 1.54) is 5.56 Å². The number of hydrogen-bond donors (Lipinski definition) is 2. The largest absolute Gasteiger partial charge is 0.399 e. The zero-order valence-corrected chi connectivity index (χ0v) is 12.3. The van der Waals surface area contributed by atoms with Gasteiger partial charge in [0.15, 0.2) is 0 Å². The van der Waals surface area contributed by atoms with Crippen molar-refractivity contribution in [3.05, 3.63) is 29.8 Å². The molecule has 2 heteroatoms. The molecule has 0 aliphatic carbocycles. The summed E-state index contributed by atoms with van der Waals surface area (Å²) in [6.07, 6.45) is 2.26. The van der Waals surface area contributed by atoms with Crippen molar-refractivity contribution in [2.24, 2.45) is 11.3 Å². The van der Waals surface area contributed by atoms with Crippen LogP contribution in [-0.4, -0.2) is 13.1 Å². The molecule has 0 amide bonds. The van der Waals surface area contributed by atoms with Crippen molar-refractivity contribution >= 4 is 5.69 Å². The minimum Gasteiger partial charge on any atom is -0.399 e. The van der Waals surface area contributed by atoms with E-state index in [2.05, 4.69) is 45.1 Å². The number of anilines is 1. The molecule has 1 rings (SSSR count). The maximum atomic E-state index is 5.76. The lowest BCUT2D eigenvalue weighted by Gasteiger charge is -2.29. The number of rotatable bonds is 7. The molecule has 1 aromatic carbocycles. The van der Waals surface area contributed by atoms with Gasteiger partial charge in [0.2, 0.25) is 0 Å². The average Bonchev–Trinajstić information content (AvgIpc) is 2.28. The second-order valence-corrected chi connectivity index (χ2v) is 6.17. The lowest BCUT2D eigenvalue weighted by atomic mass is 9.81. The van der Waals surface area contributed by atoms with Crippen molar-refractivity contribution in [3.63, 3.8) is 0 Å². The molecule has 3 N–H and O–H groups in total. The van der Waals surface area contributed by atoms with Crippen LogP contribution in [0.4, 0.5) is 5.69 Å². The lowest BCUT2D eigenvalue weighted by molar-refractivity contribution is 0.238. The minimum atomic E-state index is 0.372. The third-order valence-electron chi connectivity index (χ3n) is 3.91. The molecular weight excluding hydrogens is 220 g/mol. The Morgan fingerprint density at radius 3 is 2.61 bits per heavy atom. The van der Waals surface area contributed by atoms with Gasteiger partial charge in [-0.05, 0) is 48.4 Å². The van der Waals surface area contributed by atoms with Crippen molar-refractivity contribution in [1.82, 2.24) is 5.32 Å². The van der Waals surface area contributed by atoms with Crippen LogP contribution in [0.15, 0.2) is 24.3 Å². The third kappa shape index (κ3) is 5.09. The van der Waals surface area contributed by atoms with E-state index >= 15 is 0 Å². The Kier molecular flexibility index (Phi) is 5.67. The highest BCUT2D eigenvalue weighted by molar-refractivity contribution is 5.40.